The molecule has 0 aliphatic carbocycles. The Labute approximate surface area is 142 Å². The normalized spacial score (nSPS) is 10.2. The van der Waals surface area contributed by atoms with Crippen molar-refractivity contribution in [3.8, 4) is 5.75 Å². The second-order valence-corrected chi connectivity index (χ2v) is 5.54. The van der Waals surface area contributed by atoms with Crippen LogP contribution in [0.5, 0.6) is 5.75 Å². The van der Waals surface area contributed by atoms with Crippen molar-refractivity contribution in [1.82, 2.24) is 0 Å². The Balaban J connectivity index is 2.09. The number of nitrogens with one attached hydrogen (secondary N) is 1. The minimum Gasteiger partial charge on any atom is -0.476 e. The van der Waals surface area contributed by atoms with Crippen LogP contribution in [0.15, 0.2) is 36.4 Å². The van der Waals surface area contributed by atoms with E-state index in [-0.39, 0.29) is 15.8 Å². The third-order valence-electron chi connectivity index (χ3n) is 2.83. The predicted octanol–water partition coefficient (Wildman–Crippen LogP) is 4.23. The average Bonchev–Trinajstić information content (AvgIpc) is 2.45. The van der Waals surface area contributed by atoms with E-state index in [1.807, 2.05) is 13.0 Å². The van der Waals surface area contributed by atoms with Crippen LogP contribution < -0.4 is 10.1 Å². The first-order valence-corrected chi connectivity index (χ1v) is 7.25. The molecule has 2 rings (SSSR count). The van der Waals surface area contributed by atoms with Crippen LogP contribution in [0.25, 0.3) is 0 Å². The van der Waals surface area contributed by atoms with Gasteiger partial charge in [0.1, 0.15) is 0 Å². The molecule has 0 saturated carbocycles. The van der Waals surface area contributed by atoms with Gasteiger partial charge in [0.25, 0.3) is 5.91 Å². The number of nitro benzene ring substituents is 1. The van der Waals surface area contributed by atoms with Gasteiger partial charge in [-0.2, -0.15) is 0 Å². The van der Waals surface area contributed by atoms with E-state index in [1.165, 1.54) is 6.07 Å². The summed E-state index contributed by atoms with van der Waals surface area (Å²) in [5.41, 5.74) is 1.20. The first-order chi connectivity index (χ1) is 10.9. The van der Waals surface area contributed by atoms with E-state index < -0.39 is 23.1 Å². The number of hydrogen-bond donors (Lipinski definition) is 1. The first-order valence-electron chi connectivity index (χ1n) is 6.49. The van der Waals surface area contributed by atoms with Crippen molar-refractivity contribution >= 4 is 40.5 Å². The number of ether oxygens (including phenoxy) is 1. The highest BCUT2D eigenvalue weighted by atomic mass is 35.5. The van der Waals surface area contributed by atoms with Gasteiger partial charge >= 0.3 is 5.69 Å². The van der Waals surface area contributed by atoms with Crippen LogP contribution in [0.2, 0.25) is 10.0 Å². The molecular formula is C15H12Cl2N2O4. The summed E-state index contributed by atoms with van der Waals surface area (Å²) in [6.07, 6.45) is 0. The summed E-state index contributed by atoms with van der Waals surface area (Å²) in [7, 11) is 0. The molecule has 0 atom stereocenters. The Bertz CT molecular complexity index is 765. The maximum atomic E-state index is 11.9. The Hall–Kier alpha value is -2.31. The Kier molecular flexibility index (Phi) is 5.41. The van der Waals surface area contributed by atoms with Crippen LogP contribution in [-0.2, 0) is 4.79 Å². The van der Waals surface area contributed by atoms with E-state index in [1.54, 1.807) is 18.2 Å². The summed E-state index contributed by atoms with van der Waals surface area (Å²) in [6.45, 7) is 1.47. The minimum atomic E-state index is -0.675. The summed E-state index contributed by atoms with van der Waals surface area (Å²) < 4.78 is 5.20. The highest BCUT2D eigenvalue weighted by Crippen LogP contribution is 2.37. The van der Waals surface area contributed by atoms with Crippen LogP contribution in [0, 0.1) is 17.0 Å². The van der Waals surface area contributed by atoms with Gasteiger partial charge in [-0.05, 0) is 30.7 Å². The zero-order chi connectivity index (χ0) is 17.0. The van der Waals surface area contributed by atoms with Crippen LogP contribution in [-0.4, -0.2) is 17.4 Å². The molecule has 120 valence electrons. The van der Waals surface area contributed by atoms with E-state index in [0.29, 0.717) is 5.69 Å². The van der Waals surface area contributed by atoms with Crippen molar-refractivity contribution in [2.75, 3.05) is 11.9 Å². The van der Waals surface area contributed by atoms with Gasteiger partial charge < -0.3 is 10.1 Å². The fourth-order valence-corrected chi connectivity index (χ4v) is 2.42. The lowest BCUT2D eigenvalue weighted by atomic mass is 10.2. The summed E-state index contributed by atoms with van der Waals surface area (Å²) in [5, 5.41) is 13.7. The number of benzene rings is 2. The average molecular weight is 355 g/mol. The number of hydrogen-bond acceptors (Lipinski definition) is 4. The first kappa shape index (κ1) is 17.1. The highest BCUT2D eigenvalue weighted by Gasteiger charge is 2.21. The van der Waals surface area contributed by atoms with E-state index in [2.05, 4.69) is 5.32 Å². The smallest absolute Gasteiger partial charge is 0.314 e. The molecule has 0 spiro atoms. The SMILES string of the molecule is Cc1cccc(NC(=O)COc2c(Cl)cc(Cl)cc2[N+](=O)[O-])c1. The maximum Gasteiger partial charge on any atom is 0.314 e. The lowest BCUT2D eigenvalue weighted by molar-refractivity contribution is -0.385. The van der Waals surface area contributed by atoms with Gasteiger partial charge in [0.05, 0.1) is 9.95 Å². The number of rotatable bonds is 5. The van der Waals surface area contributed by atoms with Crippen molar-refractivity contribution in [3.63, 3.8) is 0 Å². The van der Waals surface area contributed by atoms with Crippen LogP contribution in [0.3, 0.4) is 0 Å². The number of aryl methyl sites for hydroxylation is 1. The number of anilines is 1. The van der Waals surface area contributed by atoms with Gasteiger partial charge in [-0.3, -0.25) is 14.9 Å². The molecule has 0 heterocycles. The molecule has 23 heavy (non-hydrogen) atoms. The molecule has 0 unspecified atom stereocenters. The van der Waals surface area contributed by atoms with Crippen molar-refractivity contribution in [1.29, 1.82) is 0 Å². The third-order valence-corrected chi connectivity index (χ3v) is 3.33. The number of halogens is 2. The number of amides is 1. The third kappa shape index (κ3) is 4.58. The molecule has 0 aliphatic rings. The monoisotopic (exact) mass is 354 g/mol. The van der Waals surface area contributed by atoms with Crippen molar-refractivity contribution < 1.29 is 14.5 Å². The zero-order valence-electron chi connectivity index (χ0n) is 12.0. The number of nitro groups is 1. The Morgan fingerprint density at radius 3 is 2.70 bits per heavy atom. The highest BCUT2D eigenvalue weighted by molar-refractivity contribution is 6.36. The summed E-state index contributed by atoms with van der Waals surface area (Å²) in [5.74, 6) is -0.656. The molecular weight excluding hydrogens is 343 g/mol. The summed E-state index contributed by atoms with van der Waals surface area (Å²) in [4.78, 5) is 22.2. The fourth-order valence-electron chi connectivity index (χ4n) is 1.88. The number of nitrogens with zero attached hydrogens (tertiary/aromatic N) is 1. The van der Waals surface area contributed by atoms with E-state index in [4.69, 9.17) is 27.9 Å². The summed E-state index contributed by atoms with van der Waals surface area (Å²) in [6, 6.07) is 9.62. The Morgan fingerprint density at radius 1 is 1.30 bits per heavy atom. The number of carbonyl (C=O) groups is 1. The van der Waals surface area contributed by atoms with Gasteiger partial charge in [0, 0.05) is 16.8 Å². The molecule has 2 aromatic rings. The molecule has 6 nitrogen and oxygen atoms in total. The molecule has 0 radical (unpaired) electrons. The summed E-state index contributed by atoms with van der Waals surface area (Å²) >= 11 is 11.6. The molecule has 0 aliphatic heterocycles. The minimum absolute atomic E-state index is 0.0347. The van der Waals surface area contributed by atoms with Gasteiger partial charge in [-0.15, -0.1) is 0 Å². The van der Waals surface area contributed by atoms with Gasteiger partial charge in [-0.1, -0.05) is 35.3 Å². The zero-order valence-corrected chi connectivity index (χ0v) is 13.5. The largest absolute Gasteiger partial charge is 0.476 e. The predicted molar refractivity (Wildman–Crippen MR) is 88.4 cm³/mol. The second-order valence-electron chi connectivity index (χ2n) is 4.70. The van der Waals surface area contributed by atoms with Crippen LogP contribution >= 0.6 is 23.2 Å². The Morgan fingerprint density at radius 2 is 2.04 bits per heavy atom. The van der Waals surface area contributed by atoms with E-state index in [0.717, 1.165) is 11.6 Å². The molecule has 1 amide bonds. The number of carbonyl (C=O) groups excluding carboxylic acids is 1. The standard InChI is InChI=1S/C15H12Cl2N2O4/c1-9-3-2-4-11(5-9)18-14(20)8-23-15-12(17)6-10(16)7-13(15)19(21)22/h2-7H,8H2,1H3,(H,18,20). The van der Waals surface area contributed by atoms with Gasteiger partial charge in [0.2, 0.25) is 5.75 Å². The fraction of sp³-hybridized carbons (Fsp3) is 0.133. The molecule has 0 fully saturated rings. The van der Waals surface area contributed by atoms with Crippen LogP contribution in [0.4, 0.5) is 11.4 Å². The lowest BCUT2D eigenvalue weighted by Crippen LogP contribution is -2.20. The molecule has 1 N–H and O–H groups in total. The second kappa shape index (κ2) is 7.30. The van der Waals surface area contributed by atoms with Crippen LogP contribution in [0.1, 0.15) is 5.56 Å². The van der Waals surface area contributed by atoms with Gasteiger partial charge in [0.15, 0.2) is 6.61 Å². The van der Waals surface area contributed by atoms with E-state index in [9.17, 15) is 14.9 Å². The van der Waals surface area contributed by atoms with Crippen molar-refractivity contribution in [2.45, 2.75) is 6.92 Å². The quantitative estimate of drug-likeness (QED) is 0.643. The van der Waals surface area contributed by atoms with Crippen molar-refractivity contribution in [3.05, 3.63) is 62.1 Å². The lowest BCUT2D eigenvalue weighted by Gasteiger charge is -2.10. The molecule has 0 bridgehead atoms. The maximum absolute atomic E-state index is 11.9. The molecule has 0 saturated heterocycles. The topological polar surface area (TPSA) is 81.5 Å². The van der Waals surface area contributed by atoms with Gasteiger partial charge in [-0.25, -0.2) is 0 Å². The van der Waals surface area contributed by atoms with E-state index >= 15 is 0 Å². The van der Waals surface area contributed by atoms with Crippen molar-refractivity contribution in [2.24, 2.45) is 0 Å². The molecule has 8 heteroatoms. The molecule has 2 aromatic carbocycles. The molecule has 0 aromatic heterocycles.